The normalized spacial score (nSPS) is 14.5. The number of nitrogens with zero attached hydrogens (tertiary/aromatic N) is 5. The van der Waals surface area contributed by atoms with Crippen molar-refractivity contribution >= 4 is 40.6 Å². The molecular weight excluding hydrogens is 585 g/mol. The monoisotopic (exact) mass is 612 g/mol. The standard InChI is InChI=1S/C31H28N6O4S2/c1-40-23-13-11-22(12-14-23)25-17-24(27-10-6-16-42-27)35-37(25)29(38)20-43-31-34-33-28(18-32-30(39)26-9-5-15-41-26)36(31)19-21-7-3-2-4-8-21/h2-16,25H,17-20H2,1H3,(H,32,39)/t25-/m0/s1. The van der Waals surface area contributed by atoms with Gasteiger partial charge in [-0.25, -0.2) is 5.01 Å². The third-order valence-corrected chi connectivity index (χ3v) is 8.80. The zero-order valence-electron chi connectivity index (χ0n) is 23.3. The van der Waals surface area contributed by atoms with Crippen LogP contribution < -0.4 is 10.1 Å². The van der Waals surface area contributed by atoms with E-state index in [1.165, 1.54) is 18.0 Å². The van der Waals surface area contributed by atoms with Crippen LogP contribution in [0.3, 0.4) is 0 Å². The molecular formula is C31H28N6O4S2. The van der Waals surface area contributed by atoms with Crippen LogP contribution in [0.4, 0.5) is 0 Å². The molecule has 2 amide bonds. The summed E-state index contributed by atoms with van der Waals surface area (Å²) in [6.07, 6.45) is 2.07. The van der Waals surface area contributed by atoms with Gasteiger partial charge in [0.25, 0.3) is 11.8 Å². The van der Waals surface area contributed by atoms with Crippen molar-refractivity contribution in [2.75, 3.05) is 12.9 Å². The van der Waals surface area contributed by atoms with Crippen molar-refractivity contribution in [2.45, 2.75) is 30.7 Å². The second-order valence-electron chi connectivity index (χ2n) is 9.67. The third kappa shape index (κ3) is 6.55. The highest BCUT2D eigenvalue weighted by atomic mass is 32.2. The van der Waals surface area contributed by atoms with Gasteiger partial charge in [0.2, 0.25) is 0 Å². The first kappa shape index (κ1) is 28.4. The number of benzene rings is 2. The summed E-state index contributed by atoms with van der Waals surface area (Å²) in [5, 5.41) is 20.5. The van der Waals surface area contributed by atoms with E-state index >= 15 is 0 Å². The molecule has 0 unspecified atom stereocenters. The van der Waals surface area contributed by atoms with Crippen molar-refractivity contribution in [3.8, 4) is 5.75 Å². The molecule has 0 aliphatic carbocycles. The topological polar surface area (TPSA) is 115 Å². The summed E-state index contributed by atoms with van der Waals surface area (Å²) in [4.78, 5) is 27.2. The predicted molar refractivity (Wildman–Crippen MR) is 164 cm³/mol. The zero-order valence-corrected chi connectivity index (χ0v) is 24.9. The summed E-state index contributed by atoms with van der Waals surface area (Å²) in [6.45, 7) is 0.628. The summed E-state index contributed by atoms with van der Waals surface area (Å²) in [5.74, 6) is 1.16. The number of carbonyl (C=O) groups is 2. The van der Waals surface area contributed by atoms with E-state index in [0.29, 0.717) is 23.9 Å². The average Bonchev–Trinajstić information content (AvgIpc) is 3.87. The Bertz CT molecular complexity index is 1700. The Morgan fingerprint density at radius 1 is 1.05 bits per heavy atom. The fourth-order valence-corrected chi connectivity index (χ4v) is 6.28. The number of hydrazone groups is 1. The minimum atomic E-state index is -0.346. The zero-order chi connectivity index (χ0) is 29.6. The van der Waals surface area contributed by atoms with E-state index in [9.17, 15) is 9.59 Å². The van der Waals surface area contributed by atoms with Crippen LogP contribution in [0.1, 0.15) is 44.8 Å². The third-order valence-electron chi connectivity index (χ3n) is 6.93. The summed E-state index contributed by atoms with van der Waals surface area (Å²) in [7, 11) is 1.63. The fourth-order valence-electron chi connectivity index (χ4n) is 4.75. The van der Waals surface area contributed by atoms with E-state index in [4.69, 9.17) is 14.3 Å². The molecule has 0 spiro atoms. The predicted octanol–water partition coefficient (Wildman–Crippen LogP) is 5.39. The van der Waals surface area contributed by atoms with E-state index in [0.717, 1.165) is 27.5 Å². The van der Waals surface area contributed by atoms with Crippen molar-refractivity contribution in [3.63, 3.8) is 0 Å². The smallest absolute Gasteiger partial charge is 0.287 e. The molecule has 1 aliphatic rings. The van der Waals surface area contributed by atoms with Gasteiger partial charge in [-0.1, -0.05) is 60.3 Å². The van der Waals surface area contributed by atoms with Crippen molar-refractivity contribution < 1.29 is 18.7 Å². The highest BCUT2D eigenvalue weighted by Gasteiger charge is 2.33. The van der Waals surface area contributed by atoms with Crippen LogP contribution in [0.15, 0.2) is 105 Å². The Morgan fingerprint density at radius 2 is 1.88 bits per heavy atom. The Kier molecular flexibility index (Phi) is 8.66. The van der Waals surface area contributed by atoms with Gasteiger partial charge < -0.3 is 19.0 Å². The van der Waals surface area contributed by atoms with Crippen LogP contribution in [0.5, 0.6) is 5.75 Å². The van der Waals surface area contributed by atoms with Gasteiger partial charge in [-0.2, -0.15) is 5.10 Å². The highest BCUT2D eigenvalue weighted by Crippen LogP contribution is 2.35. The number of aromatic nitrogens is 3. The second-order valence-corrected chi connectivity index (χ2v) is 11.6. The second kappa shape index (κ2) is 13.1. The van der Waals surface area contributed by atoms with E-state index < -0.39 is 0 Å². The molecule has 2 aromatic carbocycles. The lowest BCUT2D eigenvalue weighted by Crippen LogP contribution is -2.28. The largest absolute Gasteiger partial charge is 0.497 e. The summed E-state index contributed by atoms with van der Waals surface area (Å²) >= 11 is 2.90. The molecule has 3 aromatic heterocycles. The first-order chi connectivity index (χ1) is 21.1. The number of thioether (sulfide) groups is 1. The Balaban J connectivity index is 1.21. The van der Waals surface area contributed by atoms with E-state index in [2.05, 4.69) is 15.5 Å². The van der Waals surface area contributed by atoms with Crippen molar-refractivity contribution in [2.24, 2.45) is 5.10 Å². The van der Waals surface area contributed by atoms with Crippen LogP contribution in [0, 0.1) is 0 Å². The number of hydrogen-bond acceptors (Lipinski definition) is 9. The maximum atomic E-state index is 13.7. The summed E-state index contributed by atoms with van der Waals surface area (Å²) in [6, 6.07) is 24.7. The minimum Gasteiger partial charge on any atom is -0.497 e. The van der Waals surface area contributed by atoms with Crippen LogP contribution in [0.2, 0.25) is 0 Å². The Hall–Kier alpha value is -4.68. The molecule has 5 aromatic rings. The molecule has 0 saturated carbocycles. The van der Waals surface area contributed by atoms with E-state index in [1.54, 1.807) is 35.6 Å². The van der Waals surface area contributed by atoms with Gasteiger partial charge >= 0.3 is 0 Å². The van der Waals surface area contributed by atoms with Gasteiger partial charge in [-0.3, -0.25) is 9.59 Å². The van der Waals surface area contributed by atoms with E-state index in [1.807, 2.05) is 76.7 Å². The number of hydrogen-bond donors (Lipinski definition) is 1. The molecule has 43 heavy (non-hydrogen) atoms. The lowest BCUT2D eigenvalue weighted by Gasteiger charge is -2.22. The van der Waals surface area contributed by atoms with Crippen molar-refractivity contribution in [3.05, 3.63) is 118 Å². The van der Waals surface area contributed by atoms with Crippen LogP contribution in [-0.2, 0) is 17.9 Å². The molecule has 0 radical (unpaired) electrons. The Labute approximate surface area is 256 Å². The maximum Gasteiger partial charge on any atom is 0.287 e. The number of thiophene rings is 1. The molecule has 0 saturated heterocycles. The fraction of sp³-hybridized carbons (Fsp3) is 0.194. The van der Waals surface area contributed by atoms with Gasteiger partial charge in [-0.05, 0) is 46.8 Å². The van der Waals surface area contributed by atoms with Crippen molar-refractivity contribution in [1.82, 2.24) is 25.1 Å². The molecule has 0 fully saturated rings. The van der Waals surface area contributed by atoms with Crippen LogP contribution in [-0.4, -0.2) is 50.2 Å². The molecule has 1 N–H and O–H groups in total. The minimum absolute atomic E-state index is 0.111. The molecule has 218 valence electrons. The SMILES string of the molecule is COc1ccc([C@@H]2CC(c3cccs3)=NN2C(=O)CSc2nnc(CNC(=O)c3ccco3)n2Cc2ccccc2)cc1. The first-order valence-corrected chi connectivity index (χ1v) is 15.4. The maximum absolute atomic E-state index is 13.7. The van der Waals surface area contributed by atoms with Crippen LogP contribution >= 0.6 is 23.1 Å². The van der Waals surface area contributed by atoms with Gasteiger partial charge in [-0.15, -0.1) is 21.5 Å². The average molecular weight is 613 g/mol. The van der Waals surface area contributed by atoms with Gasteiger partial charge in [0.15, 0.2) is 16.7 Å². The quantitative estimate of drug-likeness (QED) is 0.199. The Morgan fingerprint density at radius 3 is 2.60 bits per heavy atom. The van der Waals surface area contributed by atoms with Crippen LogP contribution in [0.25, 0.3) is 0 Å². The number of ether oxygens (including phenoxy) is 1. The highest BCUT2D eigenvalue weighted by molar-refractivity contribution is 7.99. The number of methoxy groups -OCH3 is 1. The molecule has 12 heteroatoms. The number of rotatable bonds is 11. The molecule has 6 rings (SSSR count). The lowest BCUT2D eigenvalue weighted by molar-refractivity contribution is -0.130. The molecule has 10 nitrogen and oxygen atoms in total. The van der Waals surface area contributed by atoms with Gasteiger partial charge in [0, 0.05) is 6.42 Å². The van der Waals surface area contributed by atoms with Crippen molar-refractivity contribution in [1.29, 1.82) is 0 Å². The number of nitrogens with one attached hydrogen (secondary N) is 1. The molecule has 0 bridgehead atoms. The molecule has 1 aliphatic heterocycles. The summed E-state index contributed by atoms with van der Waals surface area (Å²) in [5.41, 5.74) is 2.91. The molecule has 4 heterocycles. The molecule has 1 atom stereocenters. The number of carbonyl (C=O) groups excluding carboxylic acids is 2. The summed E-state index contributed by atoms with van der Waals surface area (Å²) < 4.78 is 12.4. The first-order valence-electron chi connectivity index (χ1n) is 13.6. The van der Waals surface area contributed by atoms with E-state index in [-0.39, 0.29) is 35.9 Å². The van der Waals surface area contributed by atoms with Gasteiger partial charge in [0.05, 0.1) is 48.8 Å². The van der Waals surface area contributed by atoms with Gasteiger partial charge in [0.1, 0.15) is 5.75 Å². The lowest BCUT2D eigenvalue weighted by atomic mass is 10.0. The number of amides is 2. The number of furan rings is 1.